The van der Waals surface area contributed by atoms with Crippen LogP contribution in [0, 0.1) is 12.1 Å². The Balaban J connectivity index is 1.90. The normalized spacial score (nSPS) is 17.5. The van der Waals surface area contributed by atoms with Crippen molar-refractivity contribution in [3.63, 3.8) is 0 Å². The Labute approximate surface area is 99.0 Å². The van der Waals surface area contributed by atoms with Crippen molar-refractivity contribution in [3.05, 3.63) is 24.3 Å². The van der Waals surface area contributed by atoms with Gasteiger partial charge in [-0.3, -0.25) is 0 Å². The van der Waals surface area contributed by atoms with Gasteiger partial charge in [-0.25, -0.2) is 9.37 Å². The molecule has 0 bridgehead atoms. The van der Waals surface area contributed by atoms with Crippen LogP contribution >= 0.6 is 0 Å². The number of rotatable bonds is 2. The second-order valence-electron chi connectivity index (χ2n) is 4.52. The lowest BCUT2D eigenvalue weighted by Crippen LogP contribution is -2.19. The summed E-state index contributed by atoms with van der Waals surface area (Å²) in [5.41, 5.74) is 1.30. The summed E-state index contributed by atoms with van der Waals surface area (Å²) in [6.45, 7) is 0. The predicted octanol–water partition coefficient (Wildman–Crippen LogP) is 3.21. The van der Waals surface area contributed by atoms with Gasteiger partial charge in [-0.05, 0) is 25.7 Å². The Morgan fingerprint density at radius 1 is 1.29 bits per heavy atom. The number of aromatic amines is 1. The molecule has 1 aromatic heterocycles. The van der Waals surface area contributed by atoms with Crippen molar-refractivity contribution in [2.45, 2.75) is 38.2 Å². The second kappa shape index (κ2) is 4.35. The fraction of sp³-hybridized carbons (Fsp3) is 0.462. The summed E-state index contributed by atoms with van der Waals surface area (Å²) in [7, 11) is 0. The number of halogens is 1. The van der Waals surface area contributed by atoms with E-state index in [1.807, 2.05) is 0 Å². The molecule has 1 radical (unpaired) electrons. The molecule has 4 heteroatoms. The highest BCUT2D eigenvalue weighted by Crippen LogP contribution is 2.28. The zero-order valence-corrected chi connectivity index (χ0v) is 9.50. The summed E-state index contributed by atoms with van der Waals surface area (Å²) in [6, 6.07) is 2.80. The van der Waals surface area contributed by atoms with E-state index in [9.17, 15) is 4.39 Å². The van der Waals surface area contributed by atoms with Gasteiger partial charge in [0.05, 0.1) is 11.6 Å². The van der Waals surface area contributed by atoms with E-state index >= 15 is 0 Å². The minimum atomic E-state index is -0.316. The Kier molecular flexibility index (Phi) is 2.71. The van der Waals surface area contributed by atoms with Crippen LogP contribution in [-0.4, -0.2) is 16.1 Å². The number of H-pyrrole nitrogens is 1. The fourth-order valence-corrected chi connectivity index (χ4v) is 2.38. The summed E-state index contributed by atoms with van der Waals surface area (Å²) < 4.78 is 19.3. The van der Waals surface area contributed by atoms with Crippen LogP contribution in [0.5, 0.6) is 5.75 Å². The monoisotopic (exact) mass is 233 g/mol. The van der Waals surface area contributed by atoms with E-state index in [4.69, 9.17) is 4.74 Å². The average Bonchev–Trinajstić information content (AvgIpc) is 2.78. The highest BCUT2D eigenvalue weighted by atomic mass is 19.1. The Hall–Kier alpha value is -1.58. The van der Waals surface area contributed by atoms with Crippen LogP contribution in [0.2, 0.25) is 0 Å². The van der Waals surface area contributed by atoms with Gasteiger partial charge in [0.15, 0.2) is 6.33 Å². The third kappa shape index (κ3) is 2.12. The zero-order chi connectivity index (χ0) is 11.7. The van der Waals surface area contributed by atoms with Crippen LogP contribution < -0.4 is 4.74 Å². The van der Waals surface area contributed by atoms with Gasteiger partial charge in [0.25, 0.3) is 0 Å². The van der Waals surface area contributed by atoms with E-state index in [-0.39, 0.29) is 11.9 Å². The first-order valence-electron chi connectivity index (χ1n) is 6.05. The Morgan fingerprint density at radius 2 is 2.12 bits per heavy atom. The molecule has 1 N–H and O–H groups in total. The molecule has 3 nitrogen and oxygen atoms in total. The molecular formula is C13H14FN2O. The van der Waals surface area contributed by atoms with E-state index in [0.29, 0.717) is 11.3 Å². The number of benzene rings is 1. The standard InChI is InChI=1S/C13H14FN2O/c14-9-6-11-13(16-8-15-11)12(7-9)17-10-4-2-1-3-5-10/h6-7,10H,1-5H2,(H,15,16). The van der Waals surface area contributed by atoms with Crippen molar-refractivity contribution >= 4 is 11.0 Å². The number of nitrogens with zero attached hydrogens (tertiary/aromatic N) is 1. The molecule has 0 saturated heterocycles. The van der Waals surface area contributed by atoms with Crippen molar-refractivity contribution < 1.29 is 9.13 Å². The van der Waals surface area contributed by atoms with E-state index in [0.717, 1.165) is 18.4 Å². The van der Waals surface area contributed by atoms with Crippen molar-refractivity contribution in [2.24, 2.45) is 0 Å². The summed E-state index contributed by atoms with van der Waals surface area (Å²) in [5, 5.41) is 0. The number of aromatic nitrogens is 2. The summed E-state index contributed by atoms with van der Waals surface area (Å²) in [5.74, 6) is 0.240. The fourth-order valence-electron chi connectivity index (χ4n) is 2.38. The third-order valence-electron chi connectivity index (χ3n) is 3.25. The predicted molar refractivity (Wildman–Crippen MR) is 62.4 cm³/mol. The lowest BCUT2D eigenvalue weighted by Gasteiger charge is -2.23. The van der Waals surface area contributed by atoms with Gasteiger partial charge in [0.2, 0.25) is 0 Å². The number of nitrogens with one attached hydrogen (secondary N) is 1. The van der Waals surface area contributed by atoms with Gasteiger partial charge in [-0.1, -0.05) is 6.42 Å². The smallest absolute Gasteiger partial charge is 0.174 e. The molecule has 0 unspecified atom stereocenters. The zero-order valence-electron chi connectivity index (χ0n) is 9.50. The van der Waals surface area contributed by atoms with E-state index in [2.05, 4.69) is 16.3 Å². The number of ether oxygens (including phenoxy) is 1. The van der Waals surface area contributed by atoms with Crippen molar-refractivity contribution in [3.8, 4) is 5.75 Å². The molecule has 1 aliphatic carbocycles. The SMILES string of the molecule is Fc1cc(OC2CCCCC2)c2[nH][c]nc2c1. The molecule has 1 aromatic carbocycles. The molecule has 1 heterocycles. The van der Waals surface area contributed by atoms with Gasteiger partial charge in [0, 0.05) is 12.1 Å². The molecule has 2 aromatic rings. The second-order valence-corrected chi connectivity index (χ2v) is 4.52. The topological polar surface area (TPSA) is 37.9 Å². The van der Waals surface area contributed by atoms with Crippen LogP contribution in [0.25, 0.3) is 11.0 Å². The number of hydrogen-bond acceptors (Lipinski definition) is 2. The van der Waals surface area contributed by atoms with Crippen LogP contribution in [0.3, 0.4) is 0 Å². The van der Waals surface area contributed by atoms with E-state index < -0.39 is 0 Å². The molecule has 0 spiro atoms. The number of fused-ring (bicyclic) bond motifs is 1. The van der Waals surface area contributed by atoms with Gasteiger partial charge >= 0.3 is 0 Å². The highest BCUT2D eigenvalue weighted by Gasteiger charge is 2.17. The molecule has 1 saturated carbocycles. The van der Waals surface area contributed by atoms with Gasteiger partial charge in [-0.2, -0.15) is 0 Å². The first kappa shape index (κ1) is 10.6. The minimum absolute atomic E-state index is 0.206. The average molecular weight is 233 g/mol. The lowest BCUT2D eigenvalue weighted by molar-refractivity contribution is 0.156. The largest absolute Gasteiger partial charge is 0.488 e. The molecular weight excluding hydrogens is 219 g/mol. The van der Waals surface area contributed by atoms with Gasteiger partial charge < -0.3 is 9.72 Å². The summed E-state index contributed by atoms with van der Waals surface area (Å²) in [6.07, 6.45) is 8.59. The first-order chi connectivity index (χ1) is 8.33. The molecule has 1 fully saturated rings. The first-order valence-corrected chi connectivity index (χ1v) is 6.05. The van der Waals surface area contributed by atoms with Crippen LogP contribution in [0.4, 0.5) is 4.39 Å². The maximum atomic E-state index is 13.4. The molecule has 0 atom stereocenters. The summed E-state index contributed by atoms with van der Waals surface area (Å²) >= 11 is 0. The maximum Gasteiger partial charge on any atom is 0.174 e. The highest BCUT2D eigenvalue weighted by molar-refractivity contribution is 5.81. The molecule has 0 aliphatic heterocycles. The maximum absolute atomic E-state index is 13.4. The molecule has 17 heavy (non-hydrogen) atoms. The molecule has 89 valence electrons. The number of hydrogen-bond donors (Lipinski definition) is 1. The van der Waals surface area contributed by atoms with Crippen LogP contribution in [0.15, 0.2) is 12.1 Å². The van der Waals surface area contributed by atoms with Crippen molar-refractivity contribution in [1.29, 1.82) is 0 Å². The quantitative estimate of drug-likeness (QED) is 0.864. The van der Waals surface area contributed by atoms with Gasteiger partial charge in [0.1, 0.15) is 17.1 Å². The molecule has 1 aliphatic rings. The number of imidazole rings is 1. The van der Waals surface area contributed by atoms with Gasteiger partial charge in [-0.15, -0.1) is 0 Å². The summed E-state index contributed by atoms with van der Waals surface area (Å²) in [4.78, 5) is 6.81. The minimum Gasteiger partial charge on any atom is -0.488 e. The lowest BCUT2D eigenvalue weighted by atomic mass is 9.98. The Morgan fingerprint density at radius 3 is 2.94 bits per heavy atom. The van der Waals surface area contributed by atoms with E-state index in [1.54, 1.807) is 0 Å². The van der Waals surface area contributed by atoms with Crippen molar-refractivity contribution in [2.75, 3.05) is 0 Å². The van der Waals surface area contributed by atoms with Crippen molar-refractivity contribution in [1.82, 2.24) is 9.97 Å². The Bertz CT molecular complexity index is 517. The van der Waals surface area contributed by atoms with E-state index in [1.165, 1.54) is 31.4 Å². The third-order valence-corrected chi connectivity index (χ3v) is 3.25. The molecule has 3 rings (SSSR count). The molecule has 0 amide bonds. The van der Waals surface area contributed by atoms with Crippen LogP contribution in [0.1, 0.15) is 32.1 Å². The van der Waals surface area contributed by atoms with Crippen LogP contribution in [-0.2, 0) is 0 Å².